The van der Waals surface area contributed by atoms with E-state index in [9.17, 15) is 0 Å². The lowest BCUT2D eigenvalue weighted by Crippen LogP contribution is -2.22. The fourth-order valence-electron chi connectivity index (χ4n) is 1.56. The number of hydrogen-bond acceptors (Lipinski definition) is 1. The topological polar surface area (TPSA) is 17.8 Å². The van der Waals surface area contributed by atoms with Crippen molar-refractivity contribution in [2.24, 2.45) is 5.41 Å². The van der Waals surface area contributed by atoms with Crippen molar-refractivity contribution in [1.82, 2.24) is 9.78 Å². The Bertz CT molecular complexity index is 315. The maximum absolute atomic E-state index is 4.66. The van der Waals surface area contributed by atoms with Crippen molar-refractivity contribution >= 4 is 0 Å². The van der Waals surface area contributed by atoms with Crippen LogP contribution >= 0.6 is 0 Å². The Kier molecular flexibility index (Phi) is 2.17. The van der Waals surface area contributed by atoms with Gasteiger partial charge in [0.05, 0.1) is 11.7 Å². The van der Waals surface area contributed by atoms with Crippen LogP contribution in [-0.2, 0) is 0 Å². The van der Waals surface area contributed by atoms with Gasteiger partial charge in [-0.25, -0.2) is 0 Å². The molecule has 2 rings (SSSR count). The van der Waals surface area contributed by atoms with Gasteiger partial charge in [-0.3, -0.25) is 4.68 Å². The summed E-state index contributed by atoms with van der Waals surface area (Å²) >= 11 is 0. The summed E-state index contributed by atoms with van der Waals surface area (Å²) in [6.07, 6.45) is 4.80. The van der Waals surface area contributed by atoms with Crippen molar-refractivity contribution in [3.63, 3.8) is 0 Å². The number of hydrogen-bond donors (Lipinski definition) is 0. The second-order valence-electron chi connectivity index (χ2n) is 5.54. The molecule has 1 heterocycles. The summed E-state index contributed by atoms with van der Waals surface area (Å²) in [5, 5.41) is 4.66. The molecule has 0 N–H and O–H groups in total. The average Bonchev–Trinajstić information content (AvgIpc) is 2.82. The Morgan fingerprint density at radius 3 is 2.57 bits per heavy atom. The first-order chi connectivity index (χ1) is 6.48. The van der Waals surface area contributed by atoms with E-state index in [4.69, 9.17) is 0 Å². The summed E-state index contributed by atoms with van der Waals surface area (Å²) in [7, 11) is 0. The zero-order valence-electron chi connectivity index (χ0n) is 9.62. The van der Waals surface area contributed by atoms with Gasteiger partial charge in [-0.1, -0.05) is 20.8 Å². The van der Waals surface area contributed by atoms with Crippen LogP contribution in [0.4, 0.5) is 0 Å². The van der Waals surface area contributed by atoms with E-state index in [-0.39, 0.29) is 5.41 Å². The molecule has 0 spiro atoms. The van der Waals surface area contributed by atoms with E-state index in [1.54, 1.807) is 0 Å². The Morgan fingerprint density at radius 1 is 1.43 bits per heavy atom. The highest BCUT2D eigenvalue weighted by Crippen LogP contribution is 2.39. The first-order valence-electron chi connectivity index (χ1n) is 5.53. The van der Waals surface area contributed by atoms with Crippen molar-refractivity contribution in [2.75, 3.05) is 0 Å². The van der Waals surface area contributed by atoms with Gasteiger partial charge in [-0.15, -0.1) is 0 Å². The SMILES string of the molecule is C[C@H](n1ccc(C2CC2)n1)C(C)(C)C. The molecule has 0 amide bonds. The number of rotatable bonds is 2. The highest BCUT2D eigenvalue weighted by molar-refractivity contribution is 5.12. The molecule has 1 fully saturated rings. The van der Waals surface area contributed by atoms with Crippen molar-refractivity contribution in [3.05, 3.63) is 18.0 Å². The Labute approximate surface area is 86.3 Å². The van der Waals surface area contributed by atoms with Crippen LogP contribution < -0.4 is 0 Å². The quantitative estimate of drug-likeness (QED) is 0.702. The van der Waals surface area contributed by atoms with Crippen LogP contribution in [-0.4, -0.2) is 9.78 Å². The molecule has 14 heavy (non-hydrogen) atoms. The molecule has 1 aromatic heterocycles. The lowest BCUT2D eigenvalue weighted by atomic mass is 9.88. The summed E-state index contributed by atoms with van der Waals surface area (Å²) in [5.74, 6) is 0.767. The maximum atomic E-state index is 4.66. The molecule has 0 radical (unpaired) electrons. The van der Waals surface area contributed by atoms with Crippen LogP contribution in [0.3, 0.4) is 0 Å². The van der Waals surface area contributed by atoms with Crippen molar-refractivity contribution in [1.29, 1.82) is 0 Å². The largest absolute Gasteiger partial charge is 0.269 e. The first-order valence-corrected chi connectivity index (χ1v) is 5.53. The molecule has 1 aromatic rings. The van der Waals surface area contributed by atoms with Crippen molar-refractivity contribution in [2.45, 2.75) is 52.5 Å². The minimum Gasteiger partial charge on any atom is -0.269 e. The molecule has 2 nitrogen and oxygen atoms in total. The van der Waals surface area contributed by atoms with E-state index < -0.39 is 0 Å². The zero-order chi connectivity index (χ0) is 10.3. The maximum Gasteiger partial charge on any atom is 0.0655 e. The van der Waals surface area contributed by atoms with Gasteiger partial charge in [0, 0.05) is 12.1 Å². The molecular formula is C12H20N2. The third-order valence-electron chi connectivity index (χ3n) is 3.27. The average molecular weight is 192 g/mol. The van der Waals surface area contributed by atoms with E-state index in [2.05, 4.69) is 49.7 Å². The second kappa shape index (κ2) is 3.11. The Hall–Kier alpha value is -0.790. The minimum absolute atomic E-state index is 0.285. The van der Waals surface area contributed by atoms with Gasteiger partial charge < -0.3 is 0 Å². The van der Waals surface area contributed by atoms with Crippen LogP contribution in [0.15, 0.2) is 12.3 Å². The summed E-state index contributed by atoms with van der Waals surface area (Å²) in [6, 6.07) is 2.65. The van der Waals surface area contributed by atoms with E-state index in [0.717, 1.165) is 5.92 Å². The summed E-state index contributed by atoms with van der Waals surface area (Å²) < 4.78 is 2.12. The zero-order valence-corrected chi connectivity index (χ0v) is 9.62. The molecule has 0 saturated heterocycles. The molecule has 1 aliphatic carbocycles. The van der Waals surface area contributed by atoms with E-state index >= 15 is 0 Å². The van der Waals surface area contributed by atoms with Gasteiger partial charge in [0.25, 0.3) is 0 Å². The van der Waals surface area contributed by atoms with E-state index in [1.165, 1.54) is 18.5 Å². The third-order valence-corrected chi connectivity index (χ3v) is 3.27. The Balaban J connectivity index is 2.15. The molecular weight excluding hydrogens is 172 g/mol. The fraction of sp³-hybridized carbons (Fsp3) is 0.750. The number of aromatic nitrogens is 2. The third kappa shape index (κ3) is 1.84. The predicted molar refractivity (Wildman–Crippen MR) is 58.4 cm³/mol. The van der Waals surface area contributed by atoms with Gasteiger partial charge in [0.15, 0.2) is 0 Å². The summed E-state index contributed by atoms with van der Waals surface area (Å²) in [4.78, 5) is 0. The highest BCUT2D eigenvalue weighted by Gasteiger charge is 2.28. The smallest absolute Gasteiger partial charge is 0.0655 e. The lowest BCUT2D eigenvalue weighted by Gasteiger charge is -2.27. The van der Waals surface area contributed by atoms with Crippen molar-refractivity contribution < 1.29 is 0 Å². The molecule has 0 bridgehead atoms. The van der Waals surface area contributed by atoms with Crippen LogP contribution in [0.1, 0.15) is 58.2 Å². The summed E-state index contributed by atoms with van der Waals surface area (Å²) in [6.45, 7) is 9.02. The van der Waals surface area contributed by atoms with Gasteiger partial charge in [0.2, 0.25) is 0 Å². The van der Waals surface area contributed by atoms with Crippen LogP contribution in [0, 0.1) is 5.41 Å². The molecule has 1 aliphatic rings. The van der Waals surface area contributed by atoms with E-state index in [0.29, 0.717) is 6.04 Å². The molecule has 2 heteroatoms. The molecule has 0 unspecified atom stereocenters. The standard InChI is InChI=1S/C12H20N2/c1-9(12(2,3)4)14-8-7-11(13-14)10-5-6-10/h7-10H,5-6H2,1-4H3/t9-/m0/s1. The molecule has 1 saturated carbocycles. The lowest BCUT2D eigenvalue weighted by molar-refractivity contribution is 0.244. The predicted octanol–water partition coefficient (Wildman–Crippen LogP) is 3.37. The van der Waals surface area contributed by atoms with Gasteiger partial charge >= 0.3 is 0 Å². The van der Waals surface area contributed by atoms with Crippen LogP contribution in [0.25, 0.3) is 0 Å². The van der Waals surface area contributed by atoms with Crippen molar-refractivity contribution in [3.8, 4) is 0 Å². The molecule has 78 valence electrons. The Morgan fingerprint density at radius 2 is 2.07 bits per heavy atom. The normalized spacial score (nSPS) is 19.7. The highest BCUT2D eigenvalue weighted by atomic mass is 15.3. The molecule has 1 atom stereocenters. The number of nitrogens with zero attached hydrogens (tertiary/aromatic N) is 2. The minimum atomic E-state index is 0.285. The second-order valence-corrected chi connectivity index (χ2v) is 5.54. The van der Waals surface area contributed by atoms with Gasteiger partial charge in [0.1, 0.15) is 0 Å². The van der Waals surface area contributed by atoms with Gasteiger partial charge in [-0.2, -0.15) is 5.10 Å². The monoisotopic (exact) mass is 192 g/mol. The molecule has 0 aliphatic heterocycles. The van der Waals surface area contributed by atoms with Crippen LogP contribution in [0.5, 0.6) is 0 Å². The van der Waals surface area contributed by atoms with Gasteiger partial charge in [-0.05, 0) is 31.2 Å². The fourth-order valence-corrected chi connectivity index (χ4v) is 1.56. The first kappa shape index (κ1) is 9.75. The molecule has 0 aromatic carbocycles. The van der Waals surface area contributed by atoms with Crippen LogP contribution in [0.2, 0.25) is 0 Å². The van der Waals surface area contributed by atoms with E-state index in [1.807, 2.05) is 0 Å². The summed E-state index contributed by atoms with van der Waals surface area (Å²) in [5.41, 5.74) is 1.58.